The summed E-state index contributed by atoms with van der Waals surface area (Å²) in [5, 5.41) is 0. The Morgan fingerprint density at radius 1 is 1.10 bits per heavy atom. The van der Waals surface area contributed by atoms with Gasteiger partial charge in [0.2, 0.25) is 5.78 Å². The fraction of sp³-hybridized carbons (Fsp3) is 0.739. The Morgan fingerprint density at radius 3 is 2.38 bits per heavy atom. The van der Waals surface area contributed by atoms with Crippen molar-refractivity contribution in [2.45, 2.75) is 68.9 Å². The van der Waals surface area contributed by atoms with Crippen LogP contribution in [0.4, 0.5) is 0 Å². The van der Waals surface area contributed by atoms with E-state index < -0.39 is 0 Å². The van der Waals surface area contributed by atoms with Gasteiger partial charge in [0.25, 0.3) is 0 Å². The number of aromatic nitrogens is 1. The summed E-state index contributed by atoms with van der Waals surface area (Å²) in [5.41, 5.74) is 2.88. The van der Waals surface area contributed by atoms with Gasteiger partial charge < -0.3 is 9.30 Å². The number of carbonyl (C=O) groups excluding carboxylic acids is 2. The lowest BCUT2D eigenvalue weighted by molar-refractivity contribution is -0.150. The number of nitrogens with zero attached hydrogens (tertiary/aromatic N) is 1. The maximum atomic E-state index is 12.9. The van der Waals surface area contributed by atoms with Crippen LogP contribution in [0.2, 0.25) is 0 Å². The van der Waals surface area contributed by atoms with Crippen LogP contribution in [0, 0.1) is 31.6 Å². The summed E-state index contributed by atoms with van der Waals surface area (Å²) in [6.07, 6.45) is 8.06. The molecule has 0 amide bonds. The SMILES string of the molecule is Cc1cc(C(=O)COC(=O)C2CC3CCCC(C2)C32SCCS2)c(C)n1C1CC1. The lowest BCUT2D eigenvalue weighted by Gasteiger charge is -2.51. The quantitative estimate of drug-likeness (QED) is 0.474. The molecule has 0 N–H and O–H groups in total. The van der Waals surface area contributed by atoms with Gasteiger partial charge in [-0.1, -0.05) is 6.42 Å². The largest absolute Gasteiger partial charge is 0.457 e. The molecule has 2 bridgehead atoms. The predicted octanol–water partition coefficient (Wildman–Crippen LogP) is 5.17. The topological polar surface area (TPSA) is 48.3 Å². The van der Waals surface area contributed by atoms with Crippen molar-refractivity contribution < 1.29 is 14.3 Å². The molecule has 3 saturated carbocycles. The molecule has 1 aromatic heterocycles. The molecule has 158 valence electrons. The monoisotopic (exact) mass is 433 g/mol. The molecule has 4 aliphatic rings. The molecule has 2 atom stereocenters. The minimum Gasteiger partial charge on any atom is -0.457 e. The number of ether oxygens (including phenoxy) is 1. The van der Waals surface area contributed by atoms with E-state index >= 15 is 0 Å². The van der Waals surface area contributed by atoms with E-state index in [2.05, 4.69) is 35.0 Å². The highest BCUT2D eigenvalue weighted by Crippen LogP contribution is 2.64. The zero-order valence-electron chi connectivity index (χ0n) is 17.4. The van der Waals surface area contributed by atoms with Gasteiger partial charge in [-0.25, -0.2) is 0 Å². The number of esters is 1. The second kappa shape index (κ2) is 7.67. The summed E-state index contributed by atoms with van der Waals surface area (Å²) >= 11 is 4.31. The highest BCUT2D eigenvalue weighted by Gasteiger charge is 2.55. The summed E-state index contributed by atoms with van der Waals surface area (Å²) in [7, 11) is 0. The molecule has 29 heavy (non-hydrogen) atoms. The fourth-order valence-corrected chi connectivity index (χ4v) is 10.0. The van der Waals surface area contributed by atoms with Crippen LogP contribution in [-0.2, 0) is 9.53 Å². The molecule has 0 aromatic carbocycles. The maximum Gasteiger partial charge on any atom is 0.309 e. The molecule has 2 unspecified atom stereocenters. The first-order chi connectivity index (χ1) is 14.0. The van der Waals surface area contributed by atoms with Crippen molar-refractivity contribution in [1.82, 2.24) is 4.57 Å². The van der Waals surface area contributed by atoms with Gasteiger partial charge in [0.15, 0.2) is 6.61 Å². The molecule has 6 heteroatoms. The lowest BCUT2D eigenvalue weighted by atomic mass is 9.67. The third kappa shape index (κ3) is 3.48. The smallest absolute Gasteiger partial charge is 0.309 e. The average Bonchev–Trinajstić information content (AvgIpc) is 3.32. The van der Waals surface area contributed by atoms with Crippen molar-refractivity contribution in [3.8, 4) is 0 Å². The third-order valence-corrected chi connectivity index (χ3v) is 11.5. The lowest BCUT2D eigenvalue weighted by Crippen LogP contribution is -2.48. The Balaban J connectivity index is 1.22. The predicted molar refractivity (Wildman–Crippen MR) is 119 cm³/mol. The molecule has 2 heterocycles. The molecular formula is C23H31NO3S2. The third-order valence-electron chi connectivity index (χ3n) is 7.50. The Morgan fingerprint density at radius 2 is 1.76 bits per heavy atom. The van der Waals surface area contributed by atoms with Crippen LogP contribution in [0.1, 0.15) is 72.7 Å². The average molecular weight is 434 g/mol. The first-order valence-corrected chi connectivity index (χ1v) is 13.1. The Hall–Kier alpha value is -0.880. The van der Waals surface area contributed by atoms with Crippen LogP contribution in [0.15, 0.2) is 6.07 Å². The fourth-order valence-electron chi connectivity index (χ4n) is 6.09. The molecule has 1 aliphatic heterocycles. The number of hydrogen-bond acceptors (Lipinski definition) is 5. The zero-order chi connectivity index (χ0) is 20.2. The maximum absolute atomic E-state index is 12.9. The summed E-state index contributed by atoms with van der Waals surface area (Å²) < 4.78 is 8.22. The van der Waals surface area contributed by atoms with Gasteiger partial charge in [-0.15, -0.1) is 23.5 Å². The van der Waals surface area contributed by atoms with E-state index in [1.54, 1.807) is 0 Å². The van der Waals surface area contributed by atoms with E-state index in [9.17, 15) is 9.59 Å². The number of aryl methyl sites for hydroxylation is 1. The number of rotatable bonds is 5. The van der Waals surface area contributed by atoms with E-state index in [0.717, 1.165) is 29.8 Å². The highest BCUT2D eigenvalue weighted by molar-refractivity contribution is 8.21. The van der Waals surface area contributed by atoms with Gasteiger partial charge in [0, 0.05) is 34.5 Å². The second-order valence-corrected chi connectivity index (χ2v) is 12.3. The van der Waals surface area contributed by atoms with E-state index in [1.165, 1.54) is 43.6 Å². The Labute approximate surface area is 181 Å². The number of carbonyl (C=O) groups is 2. The summed E-state index contributed by atoms with van der Waals surface area (Å²) in [6.45, 7) is 3.96. The highest BCUT2D eigenvalue weighted by atomic mass is 32.2. The summed E-state index contributed by atoms with van der Waals surface area (Å²) in [6, 6.07) is 2.52. The molecule has 1 aromatic rings. The van der Waals surface area contributed by atoms with Crippen LogP contribution < -0.4 is 0 Å². The van der Waals surface area contributed by atoms with Crippen LogP contribution in [0.5, 0.6) is 0 Å². The van der Waals surface area contributed by atoms with Crippen molar-refractivity contribution >= 4 is 35.3 Å². The van der Waals surface area contributed by atoms with Crippen LogP contribution in [0.25, 0.3) is 0 Å². The van der Waals surface area contributed by atoms with Crippen molar-refractivity contribution in [2.75, 3.05) is 18.1 Å². The van der Waals surface area contributed by atoms with Crippen LogP contribution >= 0.6 is 23.5 Å². The standard InChI is InChI=1S/C23H31NO3S2/c1-14-10-20(15(2)24(14)19-6-7-19)21(25)13-27-22(26)16-11-17-4-3-5-18(12-16)23(17)28-8-9-29-23/h10,16-19H,3-9,11-13H2,1-2H3. The van der Waals surface area contributed by atoms with Crippen LogP contribution in [0.3, 0.4) is 0 Å². The molecule has 5 rings (SSSR count). The minimum absolute atomic E-state index is 0.0237. The number of ketones is 1. The van der Waals surface area contributed by atoms with Crippen molar-refractivity contribution in [1.29, 1.82) is 0 Å². The summed E-state index contributed by atoms with van der Waals surface area (Å²) in [5.74, 6) is 3.52. The molecule has 1 spiro atoms. The number of Topliss-reactive ketones (excluding diaryl/α,β-unsaturated/α-hetero) is 1. The number of hydrogen-bond donors (Lipinski definition) is 0. The van der Waals surface area contributed by atoms with E-state index in [0.29, 0.717) is 22.0 Å². The second-order valence-electron chi connectivity index (χ2n) is 9.33. The van der Waals surface area contributed by atoms with Crippen molar-refractivity contribution in [3.63, 3.8) is 0 Å². The van der Waals surface area contributed by atoms with E-state index in [4.69, 9.17) is 4.74 Å². The van der Waals surface area contributed by atoms with Crippen molar-refractivity contribution in [2.24, 2.45) is 17.8 Å². The molecular weight excluding hydrogens is 402 g/mol. The van der Waals surface area contributed by atoms with Gasteiger partial charge in [0.1, 0.15) is 0 Å². The van der Waals surface area contributed by atoms with Gasteiger partial charge in [0.05, 0.1) is 10.00 Å². The Bertz CT molecular complexity index is 806. The van der Waals surface area contributed by atoms with Gasteiger partial charge >= 0.3 is 5.97 Å². The van der Waals surface area contributed by atoms with E-state index in [1.807, 2.05) is 13.0 Å². The van der Waals surface area contributed by atoms with E-state index in [-0.39, 0.29) is 24.3 Å². The van der Waals surface area contributed by atoms with Crippen LogP contribution in [-0.4, -0.2) is 38.5 Å². The summed E-state index contributed by atoms with van der Waals surface area (Å²) in [4.78, 5) is 25.6. The molecule has 4 fully saturated rings. The van der Waals surface area contributed by atoms with Gasteiger partial charge in [-0.3, -0.25) is 9.59 Å². The number of thioether (sulfide) groups is 2. The zero-order valence-corrected chi connectivity index (χ0v) is 19.1. The van der Waals surface area contributed by atoms with Crippen molar-refractivity contribution in [3.05, 3.63) is 23.0 Å². The first kappa shape index (κ1) is 20.0. The van der Waals surface area contributed by atoms with Gasteiger partial charge in [-0.05, 0) is 70.3 Å². The van der Waals surface area contributed by atoms with Gasteiger partial charge in [-0.2, -0.15) is 0 Å². The minimum atomic E-state index is -0.144. The molecule has 4 nitrogen and oxygen atoms in total. The Kier molecular flexibility index (Phi) is 5.30. The first-order valence-electron chi connectivity index (χ1n) is 11.2. The molecule has 3 aliphatic carbocycles. The normalized spacial score (nSPS) is 30.5. The molecule has 1 saturated heterocycles. The molecule has 0 radical (unpaired) electrons.